The van der Waals surface area contributed by atoms with Gasteiger partial charge < -0.3 is 14.5 Å². The van der Waals surface area contributed by atoms with Crippen LogP contribution in [0.25, 0.3) is 17.2 Å². The van der Waals surface area contributed by atoms with Crippen LogP contribution in [0.4, 0.5) is 11.4 Å². The number of para-hydroxylation sites is 2. The summed E-state index contributed by atoms with van der Waals surface area (Å²) in [6.07, 6.45) is 2.37. The largest absolute Gasteiger partial charge is 0.452 e. The second-order valence-electron chi connectivity index (χ2n) is 5.43. The van der Waals surface area contributed by atoms with Crippen LogP contribution in [0.15, 0.2) is 53.0 Å². The number of hydrogen-bond donors (Lipinski definition) is 1. The van der Waals surface area contributed by atoms with E-state index in [1.54, 1.807) is 24.3 Å². The number of nitro groups is 1. The lowest BCUT2D eigenvalue weighted by Gasteiger charge is -2.06. The normalized spacial score (nSPS) is 10.9. The average Bonchev–Trinajstić information content (AvgIpc) is 3.09. The van der Waals surface area contributed by atoms with Gasteiger partial charge in [0, 0.05) is 23.2 Å². The summed E-state index contributed by atoms with van der Waals surface area (Å²) in [6, 6.07) is 10.9. The number of nitro benzene ring substituents is 1. The average molecular weight is 402 g/mol. The molecule has 0 fully saturated rings. The molecule has 9 nitrogen and oxygen atoms in total. The summed E-state index contributed by atoms with van der Waals surface area (Å²) >= 11 is 5.70. The van der Waals surface area contributed by atoms with Crippen molar-refractivity contribution in [1.29, 1.82) is 0 Å². The van der Waals surface area contributed by atoms with Crippen LogP contribution >= 0.6 is 11.6 Å². The Balaban J connectivity index is 1.55. The SMILES string of the molecule is O=C(COC(=O)/C=C/c1nc2ccccc2o1)Nc1ccc(Cl)cc1[N+](=O)[O-]. The maximum atomic E-state index is 11.9. The van der Waals surface area contributed by atoms with E-state index in [0.717, 1.165) is 12.1 Å². The number of fused-ring (bicyclic) bond motifs is 1. The molecule has 3 rings (SSSR count). The van der Waals surface area contributed by atoms with E-state index >= 15 is 0 Å². The zero-order chi connectivity index (χ0) is 20.1. The molecular formula is C18H12ClN3O6. The minimum atomic E-state index is -0.803. The Kier molecular flexibility index (Phi) is 5.66. The molecule has 0 radical (unpaired) electrons. The van der Waals surface area contributed by atoms with Crippen LogP contribution in [0.2, 0.25) is 5.02 Å². The Labute approximate surface area is 162 Å². The molecule has 0 unspecified atom stereocenters. The maximum absolute atomic E-state index is 11.9. The van der Waals surface area contributed by atoms with Crippen molar-refractivity contribution in [2.45, 2.75) is 0 Å². The third-order valence-electron chi connectivity index (χ3n) is 3.45. The van der Waals surface area contributed by atoms with Crippen molar-refractivity contribution in [2.24, 2.45) is 0 Å². The molecule has 0 bridgehead atoms. The minimum Gasteiger partial charge on any atom is -0.452 e. The molecule has 1 aromatic heterocycles. The van der Waals surface area contributed by atoms with Gasteiger partial charge in [-0.25, -0.2) is 9.78 Å². The molecule has 1 N–H and O–H groups in total. The number of halogens is 1. The summed E-state index contributed by atoms with van der Waals surface area (Å²) in [5.74, 6) is -1.34. The van der Waals surface area contributed by atoms with Gasteiger partial charge in [0.15, 0.2) is 12.2 Å². The summed E-state index contributed by atoms with van der Waals surface area (Å²) in [4.78, 5) is 38.1. The summed E-state index contributed by atoms with van der Waals surface area (Å²) in [5, 5.41) is 13.4. The molecule has 28 heavy (non-hydrogen) atoms. The predicted octanol–water partition coefficient (Wildman–Crippen LogP) is 3.58. The second-order valence-corrected chi connectivity index (χ2v) is 5.86. The molecule has 0 aliphatic carbocycles. The fourth-order valence-corrected chi connectivity index (χ4v) is 2.40. The van der Waals surface area contributed by atoms with Crippen LogP contribution < -0.4 is 5.32 Å². The molecule has 0 atom stereocenters. The second kappa shape index (κ2) is 8.31. The monoisotopic (exact) mass is 401 g/mol. The van der Waals surface area contributed by atoms with Crippen LogP contribution in [0.5, 0.6) is 0 Å². The molecule has 0 saturated carbocycles. The van der Waals surface area contributed by atoms with E-state index in [1.807, 2.05) is 0 Å². The van der Waals surface area contributed by atoms with Gasteiger partial charge in [-0.15, -0.1) is 0 Å². The summed E-state index contributed by atoms with van der Waals surface area (Å²) in [5.41, 5.74) is 0.777. The number of hydrogen-bond acceptors (Lipinski definition) is 7. The first-order chi connectivity index (χ1) is 13.4. The van der Waals surface area contributed by atoms with Gasteiger partial charge in [0.2, 0.25) is 5.89 Å². The van der Waals surface area contributed by atoms with Crippen LogP contribution in [-0.4, -0.2) is 28.4 Å². The van der Waals surface area contributed by atoms with Gasteiger partial charge in [-0.1, -0.05) is 23.7 Å². The van der Waals surface area contributed by atoms with Gasteiger partial charge in [-0.3, -0.25) is 14.9 Å². The van der Waals surface area contributed by atoms with Crippen LogP contribution in [0.3, 0.4) is 0 Å². The number of nitrogens with zero attached hydrogens (tertiary/aromatic N) is 2. The lowest BCUT2D eigenvalue weighted by Crippen LogP contribution is -2.20. The maximum Gasteiger partial charge on any atom is 0.331 e. The molecule has 0 aliphatic rings. The summed E-state index contributed by atoms with van der Waals surface area (Å²) < 4.78 is 10.2. The number of ether oxygens (including phenoxy) is 1. The van der Waals surface area contributed by atoms with Gasteiger partial charge >= 0.3 is 5.97 Å². The van der Waals surface area contributed by atoms with E-state index in [-0.39, 0.29) is 22.3 Å². The highest BCUT2D eigenvalue weighted by molar-refractivity contribution is 6.31. The summed E-state index contributed by atoms with van der Waals surface area (Å²) in [7, 11) is 0. The lowest BCUT2D eigenvalue weighted by atomic mass is 10.2. The van der Waals surface area contributed by atoms with E-state index in [1.165, 1.54) is 18.2 Å². The third-order valence-corrected chi connectivity index (χ3v) is 3.68. The van der Waals surface area contributed by atoms with Crippen molar-refractivity contribution >= 4 is 52.0 Å². The number of amides is 1. The molecule has 2 aromatic carbocycles. The number of aromatic nitrogens is 1. The Morgan fingerprint density at radius 3 is 2.82 bits per heavy atom. The van der Waals surface area contributed by atoms with Crippen molar-refractivity contribution in [2.75, 3.05) is 11.9 Å². The molecule has 10 heteroatoms. The fourth-order valence-electron chi connectivity index (χ4n) is 2.23. The molecular weight excluding hydrogens is 390 g/mol. The zero-order valence-electron chi connectivity index (χ0n) is 14.1. The highest BCUT2D eigenvalue weighted by Crippen LogP contribution is 2.27. The van der Waals surface area contributed by atoms with E-state index in [0.29, 0.717) is 11.1 Å². The Bertz CT molecular complexity index is 1060. The van der Waals surface area contributed by atoms with Crippen LogP contribution in [0, 0.1) is 10.1 Å². The molecule has 0 spiro atoms. The van der Waals surface area contributed by atoms with Gasteiger partial charge in [-0.2, -0.15) is 0 Å². The van der Waals surface area contributed by atoms with E-state index in [9.17, 15) is 19.7 Å². The molecule has 1 heterocycles. The van der Waals surface area contributed by atoms with Crippen LogP contribution in [0.1, 0.15) is 5.89 Å². The van der Waals surface area contributed by atoms with E-state index in [4.69, 9.17) is 20.8 Å². The van der Waals surface area contributed by atoms with E-state index in [2.05, 4.69) is 10.3 Å². The molecule has 1 amide bonds. The Hall–Kier alpha value is -3.72. The standard InChI is InChI=1S/C18H12ClN3O6/c19-11-5-6-12(14(9-11)22(25)26)20-16(23)10-27-18(24)8-7-17-21-13-3-1-2-4-15(13)28-17/h1-9H,10H2,(H,20,23)/b8-7+. The fraction of sp³-hybridized carbons (Fsp3) is 0.0556. The predicted molar refractivity (Wildman–Crippen MR) is 101 cm³/mol. The quantitative estimate of drug-likeness (QED) is 0.289. The van der Waals surface area contributed by atoms with Crippen molar-refractivity contribution in [3.8, 4) is 0 Å². The van der Waals surface area contributed by atoms with Crippen LogP contribution in [-0.2, 0) is 14.3 Å². The minimum absolute atomic E-state index is 0.0579. The first kappa shape index (κ1) is 19.1. The zero-order valence-corrected chi connectivity index (χ0v) is 14.9. The summed E-state index contributed by atoms with van der Waals surface area (Å²) in [6.45, 7) is -0.628. The van der Waals surface area contributed by atoms with Crippen molar-refractivity contribution in [3.63, 3.8) is 0 Å². The van der Waals surface area contributed by atoms with Gasteiger partial charge in [0.1, 0.15) is 11.2 Å². The lowest BCUT2D eigenvalue weighted by molar-refractivity contribution is -0.383. The van der Waals surface area contributed by atoms with E-state index < -0.39 is 23.4 Å². The van der Waals surface area contributed by atoms with Gasteiger partial charge in [0.25, 0.3) is 11.6 Å². The third kappa shape index (κ3) is 4.71. The topological polar surface area (TPSA) is 125 Å². The van der Waals surface area contributed by atoms with Gasteiger partial charge in [-0.05, 0) is 24.3 Å². The Morgan fingerprint density at radius 1 is 1.29 bits per heavy atom. The number of rotatable bonds is 6. The molecule has 3 aromatic rings. The van der Waals surface area contributed by atoms with Crippen molar-refractivity contribution in [1.82, 2.24) is 4.98 Å². The smallest absolute Gasteiger partial charge is 0.331 e. The highest BCUT2D eigenvalue weighted by atomic mass is 35.5. The van der Waals surface area contributed by atoms with Gasteiger partial charge in [0.05, 0.1) is 4.92 Å². The van der Waals surface area contributed by atoms with Crippen molar-refractivity contribution < 1.29 is 23.7 Å². The number of carbonyl (C=O) groups is 2. The molecule has 142 valence electrons. The number of benzene rings is 2. The highest BCUT2D eigenvalue weighted by Gasteiger charge is 2.17. The first-order valence-electron chi connectivity index (χ1n) is 7.86. The first-order valence-corrected chi connectivity index (χ1v) is 8.24. The Morgan fingerprint density at radius 2 is 2.07 bits per heavy atom. The number of oxazole rings is 1. The molecule has 0 saturated heterocycles. The molecule has 0 aliphatic heterocycles. The number of anilines is 1. The number of nitrogens with one attached hydrogen (secondary N) is 1. The van der Waals surface area contributed by atoms with Crippen molar-refractivity contribution in [3.05, 3.63) is 69.6 Å². The number of carbonyl (C=O) groups excluding carboxylic acids is 2. The number of esters is 1.